The van der Waals surface area contributed by atoms with Crippen molar-refractivity contribution in [2.45, 2.75) is 0 Å². The van der Waals surface area contributed by atoms with E-state index in [2.05, 4.69) is 9.98 Å². The Hall–Kier alpha value is -2.11. The summed E-state index contributed by atoms with van der Waals surface area (Å²) >= 11 is 0. The monoisotopic (exact) mass is 221 g/mol. The van der Waals surface area contributed by atoms with Crippen molar-refractivity contribution in [3.05, 3.63) is 23.7 Å². The minimum absolute atomic E-state index is 0.0304. The molecule has 0 fully saturated rings. The van der Waals surface area contributed by atoms with Crippen LogP contribution in [0.3, 0.4) is 0 Å². The van der Waals surface area contributed by atoms with Gasteiger partial charge in [-0.1, -0.05) is 0 Å². The van der Waals surface area contributed by atoms with E-state index in [0.29, 0.717) is 17.2 Å². The van der Waals surface area contributed by atoms with Crippen LogP contribution in [0.2, 0.25) is 0 Å². The van der Waals surface area contributed by atoms with Gasteiger partial charge < -0.3 is 15.2 Å². The molecule has 0 saturated heterocycles. The number of hydrogen-bond donors (Lipinski definition) is 1. The summed E-state index contributed by atoms with van der Waals surface area (Å²) in [5.41, 5.74) is 5.93. The molecule has 1 aliphatic heterocycles. The molecule has 6 nitrogen and oxygen atoms in total. The van der Waals surface area contributed by atoms with Crippen molar-refractivity contribution in [2.75, 3.05) is 14.2 Å². The minimum Gasteiger partial charge on any atom is -0.493 e. The molecule has 0 aromatic heterocycles. The van der Waals surface area contributed by atoms with Crippen molar-refractivity contribution in [1.29, 1.82) is 0 Å². The van der Waals surface area contributed by atoms with Crippen LogP contribution in [-0.4, -0.2) is 31.8 Å². The van der Waals surface area contributed by atoms with Crippen LogP contribution >= 0.6 is 0 Å². The maximum Gasteiger partial charge on any atom is 0.262 e. The lowest BCUT2D eigenvalue weighted by Crippen LogP contribution is -2.31. The second kappa shape index (κ2) is 3.80. The number of rotatable bonds is 2. The molecule has 2 rings (SSSR count). The average molecular weight is 221 g/mol. The van der Waals surface area contributed by atoms with Crippen LogP contribution in [0, 0.1) is 5.92 Å². The van der Waals surface area contributed by atoms with Gasteiger partial charge in [0.2, 0.25) is 5.96 Å². The summed E-state index contributed by atoms with van der Waals surface area (Å²) in [7, 11) is 3.02. The molecule has 2 N–H and O–H groups in total. The van der Waals surface area contributed by atoms with E-state index in [1.807, 2.05) is 0 Å². The summed E-state index contributed by atoms with van der Waals surface area (Å²) in [5, 5.41) is 0. The second-order valence-electron chi connectivity index (χ2n) is 3.27. The lowest BCUT2D eigenvalue weighted by atomic mass is 9.95. The van der Waals surface area contributed by atoms with E-state index in [9.17, 15) is 4.79 Å². The van der Waals surface area contributed by atoms with Gasteiger partial charge in [-0.3, -0.25) is 4.79 Å². The van der Waals surface area contributed by atoms with Gasteiger partial charge in [-0.05, 0) is 6.08 Å². The van der Waals surface area contributed by atoms with Crippen LogP contribution in [0.1, 0.15) is 0 Å². The topological polar surface area (TPSA) is 86.3 Å². The number of carbonyl (C=O) groups excluding carboxylic acids is 1. The number of nitrogens with two attached hydrogens (primary N) is 1. The third-order valence-corrected chi connectivity index (χ3v) is 2.33. The van der Waals surface area contributed by atoms with Crippen LogP contribution in [0.5, 0.6) is 0 Å². The molecule has 1 aliphatic carbocycles. The third-order valence-electron chi connectivity index (χ3n) is 2.33. The molecule has 1 amide bonds. The maximum absolute atomic E-state index is 11.6. The second-order valence-corrected chi connectivity index (χ2v) is 3.27. The Morgan fingerprint density at radius 3 is 2.56 bits per heavy atom. The Morgan fingerprint density at radius 1 is 1.25 bits per heavy atom. The number of allylic oxidation sites excluding steroid dienone is 1. The fourth-order valence-electron chi connectivity index (χ4n) is 1.58. The van der Waals surface area contributed by atoms with E-state index in [1.165, 1.54) is 14.2 Å². The van der Waals surface area contributed by atoms with Gasteiger partial charge in [0.15, 0.2) is 11.5 Å². The highest BCUT2D eigenvalue weighted by atomic mass is 16.5. The lowest BCUT2D eigenvalue weighted by molar-refractivity contribution is -0.118. The van der Waals surface area contributed by atoms with Crippen molar-refractivity contribution in [1.82, 2.24) is 0 Å². The van der Waals surface area contributed by atoms with Crippen LogP contribution < -0.4 is 5.73 Å². The summed E-state index contributed by atoms with van der Waals surface area (Å²) in [5.74, 6) is 0.109. The summed E-state index contributed by atoms with van der Waals surface area (Å²) < 4.78 is 10.2. The summed E-state index contributed by atoms with van der Waals surface area (Å²) in [6.45, 7) is 0. The highest BCUT2D eigenvalue weighted by Gasteiger charge is 2.30. The fourth-order valence-corrected chi connectivity index (χ4v) is 1.58. The molecule has 1 unspecified atom stereocenters. The molecular formula is C10H11N3O3. The van der Waals surface area contributed by atoms with Crippen LogP contribution in [-0.2, 0) is 14.3 Å². The molecule has 84 valence electrons. The van der Waals surface area contributed by atoms with Gasteiger partial charge in [-0.2, -0.15) is 4.99 Å². The zero-order chi connectivity index (χ0) is 11.7. The zero-order valence-corrected chi connectivity index (χ0v) is 8.93. The number of nitrogens with zero attached hydrogens (tertiary/aromatic N) is 2. The van der Waals surface area contributed by atoms with E-state index in [-0.39, 0.29) is 11.9 Å². The van der Waals surface area contributed by atoms with Gasteiger partial charge >= 0.3 is 0 Å². The number of ether oxygens (including phenoxy) is 2. The number of fused-ring (bicyclic) bond motifs is 1. The molecule has 6 heteroatoms. The number of hydrogen-bond acceptors (Lipinski definition) is 5. The van der Waals surface area contributed by atoms with E-state index in [1.54, 1.807) is 12.2 Å². The predicted octanol–water partition coefficient (Wildman–Crippen LogP) is -0.0273. The molecule has 0 saturated carbocycles. The number of aliphatic imine (C=N–C) groups is 2. The van der Waals surface area contributed by atoms with E-state index < -0.39 is 5.92 Å². The highest BCUT2D eigenvalue weighted by Crippen LogP contribution is 2.25. The van der Waals surface area contributed by atoms with Crippen molar-refractivity contribution < 1.29 is 14.3 Å². The summed E-state index contributed by atoms with van der Waals surface area (Å²) in [4.78, 5) is 19.1. The minimum atomic E-state index is -0.527. The zero-order valence-electron chi connectivity index (χ0n) is 8.93. The number of amides is 1. The summed E-state index contributed by atoms with van der Waals surface area (Å²) in [6.07, 6.45) is 3.25. The smallest absolute Gasteiger partial charge is 0.262 e. The van der Waals surface area contributed by atoms with Crippen molar-refractivity contribution >= 4 is 17.6 Å². The molecule has 0 radical (unpaired) electrons. The first kappa shape index (κ1) is 10.4. The molecule has 0 bridgehead atoms. The van der Waals surface area contributed by atoms with E-state index >= 15 is 0 Å². The van der Waals surface area contributed by atoms with Crippen molar-refractivity contribution in [3.63, 3.8) is 0 Å². The Labute approximate surface area is 92.2 Å². The van der Waals surface area contributed by atoms with Gasteiger partial charge in [0, 0.05) is 6.08 Å². The van der Waals surface area contributed by atoms with Gasteiger partial charge in [0.05, 0.1) is 19.9 Å². The number of carbonyl (C=O) groups is 1. The Kier molecular flexibility index (Phi) is 2.47. The molecule has 2 aliphatic rings. The quantitative estimate of drug-likeness (QED) is 0.709. The third kappa shape index (κ3) is 1.58. The molecule has 0 spiro atoms. The fraction of sp³-hybridized carbons (Fsp3) is 0.300. The Morgan fingerprint density at radius 2 is 1.94 bits per heavy atom. The standard InChI is InChI=1S/C10H11N3O3/c1-15-7-3-5-6(4-8(7)16-2)12-10(11)13-9(5)14/h3-5H,1-2H3,(H2,11,13,14). The first-order valence-electron chi connectivity index (χ1n) is 4.64. The van der Waals surface area contributed by atoms with Crippen molar-refractivity contribution in [3.8, 4) is 0 Å². The first-order chi connectivity index (χ1) is 7.65. The molecule has 0 aromatic rings. The molecule has 0 aromatic carbocycles. The van der Waals surface area contributed by atoms with Gasteiger partial charge in [-0.25, -0.2) is 4.99 Å². The predicted molar refractivity (Wildman–Crippen MR) is 57.7 cm³/mol. The van der Waals surface area contributed by atoms with Gasteiger partial charge in [-0.15, -0.1) is 0 Å². The van der Waals surface area contributed by atoms with Crippen molar-refractivity contribution in [2.24, 2.45) is 21.6 Å². The molecule has 1 atom stereocenters. The molecule has 1 heterocycles. The van der Waals surface area contributed by atoms with Gasteiger partial charge in [0.25, 0.3) is 5.91 Å². The Bertz CT molecular complexity index is 460. The largest absolute Gasteiger partial charge is 0.493 e. The summed E-state index contributed by atoms with van der Waals surface area (Å²) in [6, 6.07) is 0. The van der Waals surface area contributed by atoms with Crippen LogP contribution in [0.4, 0.5) is 0 Å². The van der Waals surface area contributed by atoms with E-state index in [0.717, 1.165) is 0 Å². The molecular weight excluding hydrogens is 210 g/mol. The molecule has 16 heavy (non-hydrogen) atoms. The SMILES string of the molecule is COC1=CC2=NC(N)=NC(=O)C2C=C1OC. The average Bonchev–Trinajstić information content (AvgIpc) is 2.27. The van der Waals surface area contributed by atoms with Gasteiger partial charge in [0.1, 0.15) is 5.92 Å². The lowest BCUT2D eigenvalue weighted by Gasteiger charge is -2.21. The van der Waals surface area contributed by atoms with Crippen LogP contribution in [0.25, 0.3) is 0 Å². The van der Waals surface area contributed by atoms with Crippen LogP contribution in [0.15, 0.2) is 33.7 Å². The number of methoxy groups -OCH3 is 2. The highest BCUT2D eigenvalue weighted by molar-refractivity contribution is 6.21. The Balaban J connectivity index is 2.44. The first-order valence-corrected chi connectivity index (χ1v) is 4.64. The normalized spacial score (nSPS) is 23.6. The number of guanidine groups is 1. The van der Waals surface area contributed by atoms with E-state index in [4.69, 9.17) is 15.2 Å². The maximum atomic E-state index is 11.6.